The van der Waals surface area contributed by atoms with Crippen molar-refractivity contribution in [2.24, 2.45) is 0 Å². The fourth-order valence-electron chi connectivity index (χ4n) is 1.23. The third-order valence-electron chi connectivity index (χ3n) is 2.13. The molecule has 1 aromatic carbocycles. The summed E-state index contributed by atoms with van der Waals surface area (Å²) in [5, 5.41) is 20.9. The van der Waals surface area contributed by atoms with E-state index in [1.165, 1.54) is 12.1 Å². The molecule has 18 heavy (non-hydrogen) atoms. The molecule has 0 spiro atoms. The molecule has 7 nitrogen and oxygen atoms in total. The van der Waals surface area contributed by atoms with Crippen LogP contribution >= 0.6 is 0 Å². The third-order valence-corrected chi connectivity index (χ3v) is 3.93. The minimum absolute atomic E-state index is 0.307. The lowest BCUT2D eigenvalue weighted by atomic mass is 10.2. The molecule has 0 unspecified atom stereocenters. The highest BCUT2D eigenvalue weighted by atomic mass is 32.2. The molecule has 0 aliphatic rings. The highest BCUT2D eigenvalue weighted by Gasteiger charge is 2.20. The Kier molecular flexibility index (Phi) is 4.04. The van der Waals surface area contributed by atoms with Gasteiger partial charge in [0, 0.05) is 7.05 Å². The molecule has 0 bridgehead atoms. The minimum atomic E-state index is -4.07. The summed E-state index contributed by atoms with van der Waals surface area (Å²) < 4.78 is 24.3. The lowest BCUT2D eigenvalue weighted by molar-refractivity contribution is -0.305. The zero-order valence-corrected chi connectivity index (χ0v) is 10.1. The maximum absolute atomic E-state index is 11.9. The van der Waals surface area contributed by atoms with Gasteiger partial charge in [-0.1, -0.05) is 12.1 Å². The van der Waals surface area contributed by atoms with Crippen LogP contribution in [0.1, 0.15) is 10.4 Å². The van der Waals surface area contributed by atoms with Crippen LogP contribution in [0.3, 0.4) is 0 Å². The molecule has 0 amide bonds. The molecule has 0 saturated heterocycles. The third kappa shape index (κ3) is 3.05. The lowest BCUT2D eigenvalue weighted by Crippen LogP contribution is -2.39. The van der Waals surface area contributed by atoms with Gasteiger partial charge < -0.3 is 19.8 Å². The Morgan fingerprint density at radius 2 is 1.89 bits per heavy atom. The van der Waals surface area contributed by atoms with Gasteiger partial charge in [-0.15, -0.1) is 0 Å². The van der Waals surface area contributed by atoms with Gasteiger partial charge in [-0.2, -0.15) is 4.31 Å². The van der Waals surface area contributed by atoms with Gasteiger partial charge in [-0.05, 0) is 17.7 Å². The number of likely N-dealkylation sites (N-methyl/N-ethyl adjacent to an activating group) is 1. The van der Waals surface area contributed by atoms with E-state index in [1.54, 1.807) is 0 Å². The average Bonchev–Trinajstić information content (AvgIpc) is 2.28. The smallest absolute Gasteiger partial charge is 0.243 e. The quantitative estimate of drug-likeness (QED) is 0.580. The Morgan fingerprint density at radius 1 is 1.28 bits per heavy atom. The second-order valence-corrected chi connectivity index (χ2v) is 5.49. The van der Waals surface area contributed by atoms with Crippen molar-refractivity contribution in [1.82, 2.24) is 4.31 Å². The number of nitrogens with zero attached hydrogens (tertiary/aromatic N) is 1. The van der Waals surface area contributed by atoms with E-state index in [0.29, 0.717) is 4.31 Å². The summed E-state index contributed by atoms with van der Waals surface area (Å²) in [6.45, 7) is -0.822. The first-order valence-electron chi connectivity index (χ1n) is 4.72. The van der Waals surface area contributed by atoms with Gasteiger partial charge in [0.05, 0.1) is 23.4 Å². The van der Waals surface area contributed by atoms with Crippen molar-refractivity contribution in [3.63, 3.8) is 0 Å². The summed E-state index contributed by atoms with van der Waals surface area (Å²) in [6, 6.07) is 4.46. The standard InChI is InChI=1S/C10H11NO6S/c1-11(6-9(12)13)18(16,17)8-4-2-3-7(5-8)10(14)15/h2-5H,6H2,1H3,(H,12,13)(H,14,15)/p-2. The average molecular weight is 271 g/mol. The second kappa shape index (κ2) is 5.15. The normalized spacial score (nSPS) is 11.4. The van der Waals surface area contributed by atoms with Crippen LogP contribution in [0, 0.1) is 0 Å². The number of aliphatic carboxylic acids is 1. The molecule has 8 heteroatoms. The van der Waals surface area contributed by atoms with Gasteiger partial charge >= 0.3 is 0 Å². The molecule has 0 aliphatic heterocycles. The molecule has 0 N–H and O–H groups in total. The van der Waals surface area contributed by atoms with Crippen molar-refractivity contribution in [2.75, 3.05) is 13.6 Å². The molecule has 0 fully saturated rings. The molecule has 0 heterocycles. The first kappa shape index (κ1) is 14.1. The molecular formula is C10H9NO6S-2. The van der Waals surface area contributed by atoms with Crippen LogP contribution in [0.2, 0.25) is 0 Å². The maximum Gasteiger partial charge on any atom is 0.243 e. The van der Waals surface area contributed by atoms with Crippen LogP contribution < -0.4 is 10.2 Å². The zero-order chi connectivity index (χ0) is 13.9. The lowest BCUT2D eigenvalue weighted by Gasteiger charge is -2.18. The van der Waals surface area contributed by atoms with Gasteiger partial charge in [-0.25, -0.2) is 8.42 Å². The number of carboxylic acids is 2. The molecule has 0 aromatic heterocycles. The van der Waals surface area contributed by atoms with Crippen LogP contribution in [0.4, 0.5) is 0 Å². The predicted octanol–water partition coefficient (Wildman–Crippen LogP) is -2.58. The Balaban J connectivity index is 3.16. The van der Waals surface area contributed by atoms with Gasteiger partial charge in [0.2, 0.25) is 10.0 Å². The van der Waals surface area contributed by atoms with Crippen molar-refractivity contribution in [3.05, 3.63) is 29.8 Å². The maximum atomic E-state index is 11.9. The van der Waals surface area contributed by atoms with Crippen LogP contribution in [-0.2, 0) is 14.8 Å². The van der Waals surface area contributed by atoms with Gasteiger partial charge in [0.1, 0.15) is 0 Å². The molecule has 0 radical (unpaired) electrons. The first-order valence-corrected chi connectivity index (χ1v) is 6.16. The largest absolute Gasteiger partial charge is 0.549 e. The topological polar surface area (TPSA) is 118 Å². The Morgan fingerprint density at radius 3 is 2.39 bits per heavy atom. The van der Waals surface area contributed by atoms with E-state index in [2.05, 4.69) is 0 Å². The molecule has 98 valence electrons. The van der Waals surface area contributed by atoms with E-state index in [9.17, 15) is 28.2 Å². The number of hydrogen-bond acceptors (Lipinski definition) is 6. The number of carboxylic acid groups (broad SMARTS) is 2. The number of carbonyl (C=O) groups is 2. The van der Waals surface area contributed by atoms with Crippen LogP contribution in [0.25, 0.3) is 0 Å². The van der Waals surface area contributed by atoms with Gasteiger partial charge in [-0.3, -0.25) is 0 Å². The molecular weight excluding hydrogens is 262 g/mol. The Labute approximate surface area is 103 Å². The fourth-order valence-corrected chi connectivity index (χ4v) is 2.39. The van der Waals surface area contributed by atoms with Crippen molar-refractivity contribution < 1.29 is 28.2 Å². The van der Waals surface area contributed by atoms with E-state index >= 15 is 0 Å². The van der Waals surface area contributed by atoms with Crippen LogP contribution in [-0.4, -0.2) is 38.3 Å². The molecule has 0 atom stereocenters. The molecule has 0 saturated carbocycles. The number of sulfonamides is 1. The monoisotopic (exact) mass is 271 g/mol. The van der Waals surface area contributed by atoms with Gasteiger partial charge in [0.25, 0.3) is 0 Å². The number of benzene rings is 1. The van der Waals surface area contributed by atoms with E-state index in [-0.39, 0.29) is 10.5 Å². The minimum Gasteiger partial charge on any atom is -0.549 e. The molecule has 1 aromatic rings. The summed E-state index contributed by atoms with van der Waals surface area (Å²) >= 11 is 0. The van der Waals surface area contributed by atoms with Crippen molar-refractivity contribution in [3.8, 4) is 0 Å². The first-order chi connectivity index (χ1) is 8.25. The molecule has 1 rings (SSSR count). The van der Waals surface area contributed by atoms with E-state index in [0.717, 1.165) is 19.2 Å². The van der Waals surface area contributed by atoms with Crippen molar-refractivity contribution in [2.45, 2.75) is 4.90 Å². The Hall–Kier alpha value is -1.93. The van der Waals surface area contributed by atoms with E-state index in [1.807, 2.05) is 0 Å². The zero-order valence-electron chi connectivity index (χ0n) is 9.32. The summed E-state index contributed by atoms with van der Waals surface area (Å²) in [7, 11) is -3.02. The number of hydrogen-bond donors (Lipinski definition) is 0. The predicted molar refractivity (Wildman–Crippen MR) is 55.6 cm³/mol. The number of aromatic carboxylic acids is 1. The summed E-state index contributed by atoms with van der Waals surface area (Å²) in [5.74, 6) is -3.08. The fraction of sp³-hybridized carbons (Fsp3) is 0.200. The Bertz CT molecular complexity index is 580. The second-order valence-electron chi connectivity index (χ2n) is 3.45. The highest BCUT2D eigenvalue weighted by Crippen LogP contribution is 2.15. The summed E-state index contributed by atoms with van der Waals surface area (Å²) in [5.41, 5.74) is -0.307. The van der Waals surface area contributed by atoms with Crippen LogP contribution in [0.15, 0.2) is 29.2 Å². The van der Waals surface area contributed by atoms with E-state index < -0.39 is 28.5 Å². The van der Waals surface area contributed by atoms with Crippen molar-refractivity contribution >= 4 is 22.0 Å². The summed E-state index contributed by atoms with van der Waals surface area (Å²) in [4.78, 5) is 20.6. The SMILES string of the molecule is CN(CC(=O)[O-])S(=O)(=O)c1cccc(C(=O)[O-])c1. The highest BCUT2D eigenvalue weighted by molar-refractivity contribution is 7.89. The number of rotatable bonds is 5. The molecule has 0 aliphatic carbocycles. The number of carbonyl (C=O) groups excluding carboxylic acids is 2. The van der Waals surface area contributed by atoms with E-state index in [4.69, 9.17) is 0 Å². The van der Waals surface area contributed by atoms with Gasteiger partial charge in [0.15, 0.2) is 0 Å². The summed E-state index contributed by atoms with van der Waals surface area (Å²) in [6.07, 6.45) is 0. The van der Waals surface area contributed by atoms with Crippen LogP contribution in [0.5, 0.6) is 0 Å². The van der Waals surface area contributed by atoms with Crippen molar-refractivity contribution in [1.29, 1.82) is 0 Å².